The molecule has 28 heavy (non-hydrogen) atoms. The van der Waals surface area contributed by atoms with E-state index >= 15 is 0 Å². The van der Waals surface area contributed by atoms with Crippen molar-refractivity contribution < 1.29 is 0 Å². The van der Waals surface area contributed by atoms with Crippen LogP contribution in [0.3, 0.4) is 0 Å². The summed E-state index contributed by atoms with van der Waals surface area (Å²) in [4.78, 5) is 14.7. The molecule has 1 aliphatic carbocycles. The topological polar surface area (TPSA) is 84.7 Å². The predicted molar refractivity (Wildman–Crippen MR) is 115 cm³/mol. The number of aromatic amines is 1. The zero-order chi connectivity index (χ0) is 20.2. The normalized spacial score (nSPS) is 13.5. The summed E-state index contributed by atoms with van der Waals surface area (Å²) in [5.41, 5.74) is 7.34. The van der Waals surface area contributed by atoms with Gasteiger partial charge in [0.05, 0.1) is 5.69 Å². The molecule has 0 radical (unpaired) electrons. The summed E-state index contributed by atoms with van der Waals surface area (Å²) >= 11 is 5.96. The third-order valence-corrected chi connectivity index (χ3v) is 4.80. The molecule has 5 nitrogen and oxygen atoms in total. The minimum absolute atomic E-state index is 0.201. The molecule has 1 saturated carbocycles. The first kappa shape index (κ1) is 21.8. The number of nitrogens with two attached hydrogens (primary N) is 1. The molecule has 1 aromatic carbocycles. The van der Waals surface area contributed by atoms with E-state index in [4.69, 9.17) is 11.6 Å². The highest BCUT2D eigenvalue weighted by Crippen LogP contribution is 2.33. The van der Waals surface area contributed by atoms with Gasteiger partial charge in [-0.1, -0.05) is 43.0 Å². The van der Waals surface area contributed by atoms with Crippen LogP contribution in [0.25, 0.3) is 11.3 Å². The van der Waals surface area contributed by atoms with Crippen LogP contribution in [0, 0.1) is 0 Å². The lowest BCUT2D eigenvalue weighted by molar-refractivity contribution is 0.443. The highest BCUT2D eigenvalue weighted by Gasteiger charge is 2.15. The van der Waals surface area contributed by atoms with E-state index in [-0.39, 0.29) is 5.56 Å². The molecule has 148 valence electrons. The Kier molecular flexibility index (Phi) is 9.39. The molecule has 0 bridgehead atoms. The maximum Gasteiger partial charge on any atom is 0.264 e. The first-order valence-electron chi connectivity index (χ1n) is 9.52. The third kappa shape index (κ3) is 6.91. The van der Waals surface area contributed by atoms with E-state index in [0.717, 1.165) is 16.5 Å². The van der Waals surface area contributed by atoms with Crippen molar-refractivity contribution in [3.05, 3.63) is 81.9 Å². The van der Waals surface area contributed by atoms with Crippen LogP contribution in [0.1, 0.15) is 43.6 Å². The maximum atomic E-state index is 10.7. The molecule has 0 spiro atoms. The summed E-state index contributed by atoms with van der Waals surface area (Å²) in [6.07, 6.45) is 10.3. The zero-order valence-electron chi connectivity index (χ0n) is 16.1. The van der Waals surface area contributed by atoms with Crippen LogP contribution in [0.5, 0.6) is 0 Å². The van der Waals surface area contributed by atoms with Crippen molar-refractivity contribution in [1.82, 2.24) is 15.2 Å². The summed E-state index contributed by atoms with van der Waals surface area (Å²) < 4.78 is 0. The first-order valence-corrected chi connectivity index (χ1v) is 9.89. The number of nitrogens with zero attached hydrogens (tertiary/aromatic N) is 2. The Balaban J connectivity index is 0.000000184. The van der Waals surface area contributed by atoms with E-state index in [2.05, 4.69) is 39.1 Å². The van der Waals surface area contributed by atoms with E-state index in [1.54, 1.807) is 18.5 Å². The fourth-order valence-electron chi connectivity index (χ4n) is 3.22. The zero-order valence-corrected chi connectivity index (χ0v) is 16.9. The predicted octanol–water partition coefficient (Wildman–Crippen LogP) is 4.79. The monoisotopic (exact) mass is 398 g/mol. The Hall–Kier alpha value is -2.50. The standard InChI is InChI=1S/C12H15Cl.C9H7N3O.CH5N/c13-12-8-4-7-11(9-12)10-5-2-1-3-6-10;13-9-4-3-8(11-12-9)7-2-1-5-10-6-7;1-2/h4,7-10H,1-3,5-6H2;1-6H,(H,12,13);2H2,1H3. The quantitative estimate of drug-likeness (QED) is 0.649. The second-order valence-electron chi connectivity index (χ2n) is 6.44. The molecule has 4 rings (SSSR count). The molecule has 6 heteroatoms. The number of rotatable bonds is 2. The molecule has 0 amide bonds. The van der Waals surface area contributed by atoms with Gasteiger partial charge in [-0.15, -0.1) is 0 Å². The van der Waals surface area contributed by atoms with E-state index in [0.29, 0.717) is 5.69 Å². The van der Waals surface area contributed by atoms with Gasteiger partial charge in [-0.2, -0.15) is 5.10 Å². The number of nitrogens with one attached hydrogen (secondary N) is 1. The Morgan fingerprint density at radius 3 is 2.43 bits per heavy atom. The molecule has 1 fully saturated rings. The fourth-order valence-corrected chi connectivity index (χ4v) is 3.41. The Morgan fingerprint density at radius 1 is 1.04 bits per heavy atom. The van der Waals surface area contributed by atoms with E-state index in [1.807, 2.05) is 18.2 Å². The van der Waals surface area contributed by atoms with Crippen LogP contribution in [0.4, 0.5) is 0 Å². The highest BCUT2D eigenvalue weighted by molar-refractivity contribution is 6.30. The van der Waals surface area contributed by atoms with Gasteiger partial charge in [0, 0.05) is 29.0 Å². The fraction of sp³-hybridized carbons (Fsp3) is 0.318. The van der Waals surface area contributed by atoms with Crippen LogP contribution >= 0.6 is 11.6 Å². The lowest BCUT2D eigenvalue weighted by Crippen LogP contribution is -2.05. The van der Waals surface area contributed by atoms with Gasteiger partial charge in [-0.05, 0) is 61.7 Å². The second kappa shape index (κ2) is 12.1. The maximum absolute atomic E-state index is 10.7. The summed E-state index contributed by atoms with van der Waals surface area (Å²) in [6, 6.07) is 15.2. The summed E-state index contributed by atoms with van der Waals surface area (Å²) in [5, 5.41) is 7.11. The lowest BCUT2D eigenvalue weighted by atomic mass is 9.84. The van der Waals surface area contributed by atoms with Crippen molar-refractivity contribution in [2.75, 3.05) is 7.05 Å². The van der Waals surface area contributed by atoms with Gasteiger partial charge >= 0.3 is 0 Å². The molecule has 3 N–H and O–H groups in total. The van der Waals surface area contributed by atoms with Crippen molar-refractivity contribution >= 4 is 11.6 Å². The number of hydrogen-bond donors (Lipinski definition) is 2. The van der Waals surface area contributed by atoms with Crippen molar-refractivity contribution in [2.24, 2.45) is 5.73 Å². The minimum Gasteiger partial charge on any atom is -0.333 e. The summed E-state index contributed by atoms with van der Waals surface area (Å²) in [6.45, 7) is 0. The number of H-pyrrole nitrogens is 1. The van der Waals surface area contributed by atoms with Gasteiger partial charge in [0.1, 0.15) is 0 Å². The number of halogens is 1. The van der Waals surface area contributed by atoms with Crippen LogP contribution in [0.15, 0.2) is 65.7 Å². The van der Waals surface area contributed by atoms with Gasteiger partial charge in [-0.25, -0.2) is 5.10 Å². The molecule has 3 aromatic rings. The van der Waals surface area contributed by atoms with Crippen LogP contribution in [0.2, 0.25) is 5.02 Å². The van der Waals surface area contributed by atoms with Gasteiger partial charge in [-0.3, -0.25) is 9.78 Å². The van der Waals surface area contributed by atoms with Gasteiger partial charge in [0.15, 0.2) is 0 Å². The number of pyridine rings is 1. The Bertz CT molecular complexity index is 856. The number of aromatic nitrogens is 3. The lowest BCUT2D eigenvalue weighted by Gasteiger charge is -2.21. The van der Waals surface area contributed by atoms with Crippen LogP contribution < -0.4 is 11.3 Å². The second-order valence-corrected chi connectivity index (χ2v) is 6.87. The molecular weight excluding hydrogens is 372 g/mol. The molecule has 0 unspecified atom stereocenters. The smallest absolute Gasteiger partial charge is 0.264 e. The van der Waals surface area contributed by atoms with Gasteiger partial charge in [0.2, 0.25) is 0 Å². The third-order valence-electron chi connectivity index (χ3n) is 4.56. The highest BCUT2D eigenvalue weighted by atomic mass is 35.5. The average molecular weight is 399 g/mol. The van der Waals surface area contributed by atoms with E-state index in [9.17, 15) is 4.79 Å². The van der Waals surface area contributed by atoms with Crippen molar-refractivity contribution in [1.29, 1.82) is 0 Å². The molecule has 0 saturated heterocycles. The van der Waals surface area contributed by atoms with Gasteiger partial charge < -0.3 is 5.73 Å². The average Bonchev–Trinajstić information content (AvgIpc) is 2.77. The largest absolute Gasteiger partial charge is 0.333 e. The Labute approximate surface area is 171 Å². The molecule has 0 atom stereocenters. The first-order chi connectivity index (χ1) is 13.7. The molecule has 2 aromatic heterocycles. The summed E-state index contributed by atoms with van der Waals surface area (Å²) in [5.74, 6) is 0.771. The van der Waals surface area contributed by atoms with Crippen LogP contribution in [-0.2, 0) is 0 Å². The van der Waals surface area contributed by atoms with Crippen LogP contribution in [-0.4, -0.2) is 22.2 Å². The minimum atomic E-state index is -0.201. The van der Waals surface area contributed by atoms with E-state index < -0.39 is 0 Å². The van der Waals surface area contributed by atoms with E-state index in [1.165, 1.54) is 50.8 Å². The molecule has 0 aliphatic heterocycles. The molecular formula is C22H27ClN4O. The molecule has 1 aliphatic rings. The molecule has 2 heterocycles. The summed E-state index contributed by atoms with van der Waals surface area (Å²) in [7, 11) is 1.50. The number of benzene rings is 1. The van der Waals surface area contributed by atoms with Crippen molar-refractivity contribution in [2.45, 2.75) is 38.0 Å². The SMILES string of the molecule is CN.Clc1cccc(C2CCCCC2)c1.O=c1ccc(-c2cccnc2)n[nH]1. The van der Waals surface area contributed by atoms with Gasteiger partial charge in [0.25, 0.3) is 5.56 Å². The van der Waals surface area contributed by atoms with Crippen molar-refractivity contribution in [3.8, 4) is 11.3 Å². The Morgan fingerprint density at radius 2 is 1.82 bits per heavy atom. The van der Waals surface area contributed by atoms with Crippen molar-refractivity contribution in [3.63, 3.8) is 0 Å². The number of hydrogen-bond acceptors (Lipinski definition) is 4.